The summed E-state index contributed by atoms with van der Waals surface area (Å²) < 4.78 is 7.63. The standard InChI is InChI=1S/C16H22N4O/c1-12(2)7-17-8-14-10-20(19-18-14)9-13-11-21-16-6-4-3-5-15(13)16/h3-6,10,12-13,17H,7-9,11H2,1-2H3. The molecule has 0 aliphatic carbocycles. The Morgan fingerprint density at radius 1 is 1.38 bits per heavy atom. The van der Waals surface area contributed by atoms with Crippen molar-refractivity contribution in [3.63, 3.8) is 0 Å². The lowest BCUT2D eigenvalue weighted by atomic mass is 10.0. The van der Waals surface area contributed by atoms with Gasteiger partial charge in [0.15, 0.2) is 0 Å². The number of nitrogens with zero attached hydrogens (tertiary/aromatic N) is 3. The third kappa shape index (κ3) is 3.42. The SMILES string of the molecule is CC(C)CNCc1cn(CC2COc3ccccc32)nn1. The van der Waals surface area contributed by atoms with Gasteiger partial charge >= 0.3 is 0 Å². The van der Waals surface area contributed by atoms with Crippen molar-refractivity contribution in [2.24, 2.45) is 5.92 Å². The lowest BCUT2D eigenvalue weighted by molar-refractivity contribution is 0.314. The molecule has 0 bridgehead atoms. The molecule has 112 valence electrons. The van der Waals surface area contributed by atoms with E-state index in [1.807, 2.05) is 23.0 Å². The Bertz CT molecular complexity index is 593. The highest BCUT2D eigenvalue weighted by Gasteiger charge is 2.24. The lowest BCUT2D eigenvalue weighted by Crippen LogP contribution is -2.19. The Morgan fingerprint density at radius 2 is 2.24 bits per heavy atom. The van der Waals surface area contributed by atoms with Crippen LogP contribution in [0.25, 0.3) is 0 Å². The van der Waals surface area contributed by atoms with Gasteiger partial charge in [0.1, 0.15) is 5.75 Å². The quantitative estimate of drug-likeness (QED) is 0.884. The summed E-state index contributed by atoms with van der Waals surface area (Å²) in [5.74, 6) is 2.01. The molecule has 0 fully saturated rings. The molecular formula is C16H22N4O. The summed E-state index contributed by atoms with van der Waals surface area (Å²) in [5, 5.41) is 11.8. The first-order chi connectivity index (χ1) is 10.2. The highest BCUT2D eigenvalue weighted by molar-refractivity contribution is 5.39. The van der Waals surface area contributed by atoms with Gasteiger partial charge in [-0.15, -0.1) is 5.10 Å². The van der Waals surface area contributed by atoms with E-state index in [-0.39, 0.29) is 0 Å². The molecular weight excluding hydrogens is 264 g/mol. The molecule has 21 heavy (non-hydrogen) atoms. The number of ether oxygens (including phenoxy) is 1. The molecule has 0 radical (unpaired) electrons. The highest BCUT2D eigenvalue weighted by atomic mass is 16.5. The molecule has 1 aromatic carbocycles. The monoisotopic (exact) mass is 286 g/mol. The van der Waals surface area contributed by atoms with Crippen molar-refractivity contribution in [2.75, 3.05) is 13.2 Å². The fourth-order valence-corrected chi connectivity index (χ4v) is 2.60. The number of hydrogen-bond acceptors (Lipinski definition) is 4. The van der Waals surface area contributed by atoms with Gasteiger partial charge in [-0.3, -0.25) is 4.68 Å². The maximum atomic E-state index is 5.71. The minimum Gasteiger partial charge on any atom is -0.493 e. The van der Waals surface area contributed by atoms with E-state index in [0.29, 0.717) is 11.8 Å². The average molecular weight is 286 g/mol. The largest absolute Gasteiger partial charge is 0.493 e. The molecule has 0 amide bonds. The van der Waals surface area contributed by atoms with Crippen LogP contribution in [-0.2, 0) is 13.1 Å². The molecule has 0 saturated heterocycles. The van der Waals surface area contributed by atoms with Crippen LogP contribution in [0.4, 0.5) is 0 Å². The normalized spacial score (nSPS) is 17.0. The molecule has 1 unspecified atom stereocenters. The highest BCUT2D eigenvalue weighted by Crippen LogP contribution is 2.34. The first-order valence-corrected chi connectivity index (χ1v) is 7.54. The first kappa shape index (κ1) is 14.1. The molecule has 1 N–H and O–H groups in total. The summed E-state index contributed by atoms with van der Waals surface area (Å²) in [4.78, 5) is 0. The zero-order valence-electron chi connectivity index (χ0n) is 12.6. The maximum Gasteiger partial charge on any atom is 0.122 e. The van der Waals surface area contributed by atoms with Gasteiger partial charge in [0.25, 0.3) is 0 Å². The van der Waals surface area contributed by atoms with Crippen LogP contribution in [0, 0.1) is 5.92 Å². The van der Waals surface area contributed by atoms with Gasteiger partial charge in [-0.2, -0.15) is 0 Å². The molecule has 0 saturated carbocycles. The third-order valence-electron chi connectivity index (χ3n) is 3.65. The van der Waals surface area contributed by atoms with Crippen LogP contribution in [0.5, 0.6) is 5.75 Å². The Hall–Kier alpha value is -1.88. The molecule has 1 aliphatic rings. The van der Waals surface area contributed by atoms with Crippen molar-refractivity contribution in [1.29, 1.82) is 0 Å². The summed E-state index contributed by atoms with van der Waals surface area (Å²) in [6.45, 7) is 7.70. The molecule has 5 nitrogen and oxygen atoms in total. The fourth-order valence-electron chi connectivity index (χ4n) is 2.60. The van der Waals surface area contributed by atoms with Crippen molar-refractivity contribution < 1.29 is 4.74 Å². The van der Waals surface area contributed by atoms with Crippen LogP contribution >= 0.6 is 0 Å². The lowest BCUT2D eigenvalue weighted by Gasteiger charge is -2.07. The van der Waals surface area contributed by atoms with Gasteiger partial charge in [0.05, 0.1) is 18.8 Å². The molecule has 5 heteroatoms. The predicted molar refractivity (Wildman–Crippen MR) is 81.2 cm³/mol. The van der Waals surface area contributed by atoms with Crippen molar-refractivity contribution in [3.8, 4) is 5.75 Å². The van der Waals surface area contributed by atoms with Crippen molar-refractivity contribution >= 4 is 0 Å². The van der Waals surface area contributed by atoms with Gasteiger partial charge in [-0.05, 0) is 18.5 Å². The molecule has 1 atom stereocenters. The summed E-state index contributed by atoms with van der Waals surface area (Å²) in [6.07, 6.45) is 2.02. The van der Waals surface area contributed by atoms with E-state index in [4.69, 9.17) is 4.74 Å². The van der Waals surface area contributed by atoms with Crippen LogP contribution in [0.3, 0.4) is 0 Å². The second-order valence-corrected chi connectivity index (χ2v) is 6.00. The van der Waals surface area contributed by atoms with Crippen LogP contribution in [-0.4, -0.2) is 28.1 Å². The minimum absolute atomic E-state index is 0.361. The Kier molecular flexibility index (Phi) is 4.20. The number of para-hydroxylation sites is 1. The van der Waals surface area contributed by atoms with E-state index in [9.17, 15) is 0 Å². The van der Waals surface area contributed by atoms with Crippen LogP contribution in [0.15, 0.2) is 30.5 Å². The second-order valence-electron chi connectivity index (χ2n) is 6.00. The minimum atomic E-state index is 0.361. The maximum absolute atomic E-state index is 5.71. The van der Waals surface area contributed by atoms with E-state index < -0.39 is 0 Å². The van der Waals surface area contributed by atoms with Crippen LogP contribution < -0.4 is 10.1 Å². The number of hydrogen-bond donors (Lipinski definition) is 1. The number of aromatic nitrogens is 3. The number of benzene rings is 1. The summed E-state index contributed by atoms with van der Waals surface area (Å²) in [7, 11) is 0. The van der Waals surface area contributed by atoms with Crippen LogP contribution in [0.1, 0.15) is 31.0 Å². The number of rotatable bonds is 6. The van der Waals surface area contributed by atoms with Gasteiger partial charge in [-0.1, -0.05) is 37.3 Å². The van der Waals surface area contributed by atoms with Gasteiger partial charge in [0, 0.05) is 24.2 Å². The third-order valence-corrected chi connectivity index (χ3v) is 3.65. The van der Waals surface area contributed by atoms with Gasteiger partial charge < -0.3 is 10.1 Å². The molecule has 1 aliphatic heterocycles. The first-order valence-electron chi connectivity index (χ1n) is 7.54. The van der Waals surface area contributed by atoms with Gasteiger partial charge in [-0.25, -0.2) is 0 Å². The summed E-state index contributed by atoms with van der Waals surface area (Å²) in [6, 6.07) is 8.23. The molecule has 2 aromatic rings. The molecule has 0 spiro atoms. The molecule has 2 heterocycles. The van der Waals surface area contributed by atoms with Gasteiger partial charge in [0.2, 0.25) is 0 Å². The van der Waals surface area contributed by atoms with E-state index in [0.717, 1.165) is 37.7 Å². The number of nitrogens with one attached hydrogen (secondary N) is 1. The smallest absolute Gasteiger partial charge is 0.122 e. The Morgan fingerprint density at radius 3 is 3.10 bits per heavy atom. The Balaban J connectivity index is 1.58. The zero-order valence-corrected chi connectivity index (χ0v) is 12.6. The topological polar surface area (TPSA) is 52.0 Å². The number of fused-ring (bicyclic) bond motifs is 1. The van der Waals surface area contributed by atoms with Crippen LogP contribution in [0.2, 0.25) is 0 Å². The summed E-state index contributed by atoms with van der Waals surface area (Å²) >= 11 is 0. The van der Waals surface area contributed by atoms with E-state index in [2.05, 4.69) is 41.6 Å². The molecule has 1 aromatic heterocycles. The van der Waals surface area contributed by atoms with Crippen molar-refractivity contribution in [3.05, 3.63) is 41.7 Å². The van der Waals surface area contributed by atoms with Crippen molar-refractivity contribution in [2.45, 2.75) is 32.9 Å². The average Bonchev–Trinajstić information content (AvgIpc) is 3.07. The van der Waals surface area contributed by atoms with E-state index in [1.54, 1.807) is 0 Å². The summed E-state index contributed by atoms with van der Waals surface area (Å²) in [5.41, 5.74) is 2.26. The second kappa shape index (κ2) is 6.26. The van der Waals surface area contributed by atoms with Crippen molar-refractivity contribution in [1.82, 2.24) is 20.3 Å². The Labute approximate surface area is 125 Å². The predicted octanol–water partition coefficient (Wildman–Crippen LogP) is 2.20. The molecule has 3 rings (SSSR count). The van der Waals surface area contributed by atoms with E-state index >= 15 is 0 Å². The van der Waals surface area contributed by atoms with E-state index in [1.165, 1.54) is 5.56 Å². The fraction of sp³-hybridized carbons (Fsp3) is 0.500. The zero-order chi connectivity index (χ0) is 14.7.